The lowest BCUT2D eigenvalue weighted by Gasteiger charge is -2.24. The molecule has 2 heterocycles. The fourth-order valence-corrected chi connectivity index (χ4v) is 3.40. The molecule has 1 aromatic heterocycles. The first-order chi connectivity index (χ1) is 10.4. The van der Waals surface area contributed by atoms with Gasteiger partial charge >= 0.3 is 6.09 Å². The molecular weight excluding hydrogens is 322 g/mol. The Morgan fingerprint density at radius 3 is 2.91 bits per heavy atom. The van der Waals surface area contributed by atoms with Crippen molar-refractivity contribution in [2.75, 3.05) is 25.1 Å². The van der Waals surface area contributed by atoms with E-state index < -0.39 is 5.60 Å². The molecule has 1 saturated heterocycles. The number of likely N-dealkylation sites (tertiary alicyclic amines) is 1. The first kappa shape index (κ1) is 17.5. The fraction of sp³-hybridized carbons (Fsp3) is 0.786. The van der Waals surface area contributed by atoms with E-state index in [4.69, 9.17) is 9.15 Å². The largest absolute Gasteiger partial charge is 0.444 e. The Labute approximate surface area is 139 Å². The molecule has 8 heteroatoms. The van der Waals surface area contributed by atoms with Crippen LogP contribution in [-0.2, 0) is 10.5 Å². The van der Waals surface area contributed by atoms with Crippen LogP contribution < -0.4 is 0 Å². The average molecular weight is 345 g/mol. The molecule has 22 heavy (non-hydrogen) atoms. The van der Waals surface area contributed by atoms with Gasteiger partial charge < -0.3 is 14.1 Å². The molecule has 6 nitrogen and oxygen atoms in total. The van der Waals surface area contributed by atoms with Crippen molar-refractivity contribution in [1.29, 1.82) is 0 Å². The Hall–Kier alpha value is -0.890. The Morgan fingerprint density at radius 1 is 1.45 bits per heavy atom. The van der Waals surface area contributed by atoms with Crippen LogP contribution in [0, 0.1) is 5.92 Å². The van der Waals surface area contributed by atoms with Crippen LogP contribution in [0.4, 0.5) is 4.79 Å². The molecule has 1 unspecified atom stereocenters. The molecular formula is C14H23N3O3S2. The maximum Gasteiger partial charge on any atom is 0.410 e. The summed E-state index contributed by atoms with van der Waals surface area (Å²) in [5.41, 5.74) is -0.443. The van der Waals surface area contributed by atoms with Crippen molar-refractivity contribution in [3.05, 3.63) is 5.89 Å². The van der Waals surface area contributed by atoms with Crippen LogP contribution in [0.3, 0.4) is 0 Å². The first-order valence-corrected chi connectivity index (χ1v) is 9.67. The number of carbonyl (C=O) groups excluding carboxylic acids is 1. The highest BCUT2D eigenvalue weighted by Crippen LogP contribution is 2.26. The number of ether oxygens (including phenoxy) is 1. The minimum Gasteiger partial charge on any atom is -0.444 e. The molecule has 1 amide bonds. The monoisotopic (exact) mass is 345 g/mol. The minimum atomic E-state index is -0.443. The summed E-state index contributed by atoms with van der Waals surface area (Å²) in [7, 11) is 0. The number of nitrogens with zero attached hydrogens (tertiary/aromatic N) is 3. The van der Waals surface area contributed by atoms with Crippen molar-refractivity contribution in [3.63, 3.8) is 0 Å². The molecule has 124 valence electrons. The highest BCUT2D eigenvalue weighted by atomic mass is 32.2. The molecule has 0 N–H and O–H groups in total. The molecule has 1 atom stereocenters. The fourth-order valence-electron chi connectivity index (χ4n) is 2.13. The highest BCUT2D eigenvalue weighted by Gasteiger charge is 2.30. The number of amides is 1. The van der Waals surface area contributed by atoms with Crippen molar-refractivity contribution in [2.24, 2.45) is 5.92 Å². The second kappa shape index (κ2) is 7.59. The molecule has 0 radical (unpaired) electrons. The van der Waals surface area contributed by atoms with Crippen LogP contribution in [0.2, 0.25) is 0 Å². The number of rotatable bonds is 5. The zero-order chi connectivity index (χ0) is 16.2. The van der Waals surface area contributed by atoms with E-state index in [1.54, 1.807) is 28.4 Å². The van der Waals surface area contributed by atoms with E-state index in [0.29, 0.717) is 17.0 Å². The highest BCUT2D eigenvalue weighted by molar-refractivity contribution is 7.99. The minimum absolute atomic E-state index is 0.222. The van der Waals surface area contributed by atoms with Crippen LogP contribution in [0.1, 0.15) is 33.1 Å². The molecule has 0 aliphatic carbocycles. The van der Waals surface area contributed by atoms with Crippen LogP contribution in [-0.4, -0.2) is 51.9 Å². The average Bonchev–Trinajstić information content (AvgIpc) is 3.03. The molecule has 2 rings (SSSR count). The number of carbonyl (C=O) groups is 1. The molecule has 1 aliphatic rings. The Kier molecular flexibility index (Phi) is 6.02. The first-order valence-electron chi connectivity index (χ1n) is 7.29. The van der Waals surface area contributed by atoms with Gasteiger partial charge in [-0.25, -0.2) is 4.79 Å². The van der Waals surface area contributed by atoms with Crippen LogP contribution in [0.15, 0.2) is 9.64 Å². The summed E-state index contributed by atoms with van der Waals surface area (Å²) in [6.45, 7) is 7.14. The molecule has 1 fully saturated rings. The number of aromatic nitrogens is 2. The summed E-state index contributed by atoms with van der Waals surface area (Å²) < 4.78 is 10.9. The van der Waals surface area contributed by atoms with E-state index in [1.165, 1.54) is 0 Å². The Morgan fingerprint density at radius 2 is 2.23 bits per heavy atom. The number of hydrogen-bond donors (Lipinski definition) is 0. The molecule has 0 saturated carbocycles. The predicted molar refractivity (Wildman–Crippen MR) is 88.2 cm³/mol. The smallest absolute Gasteiger partial charge is 0.410 e. The lowest BCUT2D eigenvalue weighted by atomic mass is 10.2. The Balaban J connectivity index is 1.75. The van der Waals surface area contributed by atoms with Gasteiger partial charge in [0.25, 0.3) is 5.22 Å². The summed E-state index contributed by atoms with van der Waals surface area (Å²) in [6.07, 6.45) is 2.76. The van der Waals surface area contributed by atoms with Crippen molar-refractivity contribution in [1.82, 2.24) is 15.1 Å². The predicted octanol–water partition coefficient (Wildman–Crippen LogP) is 3.28. The van der Waals surface area contributed by atoms with E-state index in [1.807, 2.05) is 27.0 Å². The van der Waals surface area contributed by atoms with E-state index >= 15 is 0 Å². The van der Waals surface area contributed by atoms with Crippen LogP contribution >= 0.6 is 23.5 Å². The third-order valence-corrected chi connectivity index (χ3v) is 4.68. The van der Waals surface area contributed by atoms with Crippen molar-refractivity contribution in [3.8, 4) is 0 Å². The van der Waals surface area contributed by atoms with Gasteiger partial charge in [-0.3, -0.25) is 0 Å². The summed E-state index contributed by atoms with van der Waals surface area (Å²) in [4.78, 5) is 13.8. The van der Waals surface area contributed by atoms with Crippen molar-refractivity contribution in [2.45, 2.75) is 43.8 Å². The SMILES string of the molecule is CSCc1nnc(SCC2CCN(C(=O)OC(C)(C)C)C2)o1. The molecule has 1 aliphatic heterocycles. The third-order valence-electron chi connectivity index (χ3n) is 3.10. The van der Waals surface area contributed by atoms with Gasteiger partial charge in [0.2, 0.25) is 5.89 Å². The van der Waals surface area contributed by atoms with Crippen LogP contribution in [0.5, 0.6) is 0 Å². The van der Waals surface area contributed by atoms with Gasteiger partial charge in [0.15, 0.2) is 0 Å². The van der Waals surface area contributed by atoms with E-state index in [2.05, 4.69) is 10.2 Å². The summed E-state index contributed by atoms with van der Waals surface area (Å²) in [5, 5.41) is 8.63. The normalized spacial score (nSPS) is 18.7. The maximum atomic E-state index is 12.0. The number of hydrogen-bond acceptors (Lipinski definition) is 7. The van der Waals surface area contributed by atoms with Gasteiger partial charge in [0, 0.05) is 18.8 Å². The molecule has 0 aromatic carbocycles. The summed E-state index contributed by atoms with van der Waals surface area (Å²) >= 11 is 3.22. The van der Waals surface area contributed by atoms with Gasteiger partial charge in [-0.1, -0.05) is 11.8 Å². The quantitative estimate of drug-likeness (QED) is 0.759. The zero-order valence-corrected chi connectivity index (χ0v) is 15.1. The second-order valence-electron chi connectivity index (χ2n) is 6.29. The van der Waals surface area contributed by atoms with Gasteiger partial charge in [-0.15, -0.1) is 10.2 Å². The molecule has 0 spiro atoms. The Bertz CT molecular complexity index is 502. The molecule has 1 aromatic rings. The molecule has 0 bridgehead atoms. The standard InChI is InChI=1S/C14H23N3O3S2/c1-14(2,3)20-13(18)17-6-5-10(7-17)8-22-12-16-15-11(19-12)9-21-4/h10H,5-9H2,1-4H3. The van der Waals surface area contributed by atoms with E-state index in [0.717, 1.165) is 31.0 Å². The topological polar surface area (TPSA) is 68.5 Å². The third kappa shape index (κ3) is 5.39. The van der Waals surface area contributed by atoms with Gasteiger partial charge in [0.1, 0.15) is 5.60 Å². The zero-order valence-electron chi connectivity index (χ0n) is 13.5. The van der Waals surface area contributed by atoms with Gasteiger partial charge in [-0.05, 0) is 39.4 Å². The van der Waals surface area contributed by atoms with Crippen molar-refractivity contribution < 1.29 is 13.9 Å². The second-order valence-corrected chi connectivity index (χ2v) is 8.12. The van der Waals surface area contributed by atoms with Crippen molar-refractivity contribution >= 4 is 29.6 Å². The summed E-state index contributed by atoms with van der Waals surface area (Å²) in [6, 6.07) is 0. The van der Waals surface area contributed by atoms with E-state index in [9.17, 15) is 4.79 Å². The van der Waals surface area contributed by atoms with Gasteiger partial charge in [-0.2, -0.15) is 11.8 Å². The number of thioether (sulfide) groups is 2. The van der Waals surface area contributed by atoms with E-state index in [-0.39, 0.29) is 6.09 Å². The maximum absolute atomic E-state index is 12.0. The van der Waals surface area contributed by atoms with Gasteiger partial charge in [0.05, 0.1) is 5.75 Å². The van der Waals surface area contributed by atoms with Crippen LogP contribution in [0.25, 0.3) is 0 Å². The summed E-state index contributed by atoms with van der Waals surface area (Å²) in [5.74, 6) is 2.72. The lowest BCUT2D eigenvalue weighted by molar-refractivity contribution is 0.0289. The lowest BCUT2D eigenvalue weighted by Crippen LogP contribution is -2.35.